The SMILES string of the molecule is Cc1nc(OCCNS(=O)(=O)c2cccc(Cl)c2C)cc(N2CCCCC2)n1. The molecule has 1 aliphatic rings. The number of nitrogens with zero attached hydrogens (tertiary/aromatic N) is 3. The number of sulfonamides is 1. The minimum absolute atomic E-state index is 0.121. The zero-order chi connectivity index (χ0) is 20.1. The van der Waals surface area contributed by atoms with Gasteiger partial charge in [-0.05, 0) is 50.8 Å². The van der Waals surface area contributed by atoms with E-state index < -0.39 is 10.0 Å². The number of hydrogen-bond donors (Lipinski definition) is 1. The van der Waals surface area contributed by atoms with Crippen LogP contribution in [0.15, 0.2) is 29.2 Å². The predicted molar refractivity (Wildman–Crippen MR) is 110 cm³/mol. The Labute approximate surface area is 171 Å². The van der Waals surface area contributed by atoms with Crippen molar-refractivity contribution in [3.8, 4) is 5.88 Å². The number of halogens is 1. The van der Waals surface area contributed by atoms with E-state index in [9.17, 15) is 8.42 Å². The van der Waals surface area contributed by atoms with Crippen LogP contribution < -0.4 is 14.4 Å². The number of ether oxygens (including phenoxy) is 1. The first-order valence-corrected chi connectivity index (χ1v) is 11.2. The van der Waals surface area contributed by atoms with Gasteiger partial charge in [0.15, 0.2) is 0 Å². The van der Waals surface area contributed by atoms with Crippen molar-refractivity contribution in [3.63, 3.8) is 0 Å². The molecule has 2 heterocycles. The molecule has 0 atom stereocenters. The Bertz CT molecular complexity index is 931. The van der Waals surface area contributed by atoms with Gasteiger partial charge in [0, 0.05) is 30.7 Å². The summed E-state index contributed by atoms with van der Waals surface area (Å²) in [4.78, 5) is 11.2. The Balaban J connectivity index is 1.59. The second kappa shape index (κ2) is 9.07. The predicted octanol–water partition coefficient (Wildman–Crippen LogP) is 3.09. The maximum Gasteiger partial charge on any atom is 0.240 e. The minimum Gasteiger partial charge on any atom is -0.476 e. The highest BCUT2D eigenvalue weighted by Gasteiger charge is 2.18. The topological polar surface area (TPSA) is 84.4 Å². The number of nitrogens with one attached hydrogen (secondary N) is 1. The molecule has 0 radical (unpaired) electrons. The van der Waals surface area contributed by atoms with E-state index in [1.165, 1.54) is 12.5 Å². The van der Waals surface area contributed by atoms with Crippen molar-refractivity contribution in [1.29, 1.82) is 0 Å². The highest BCUT2D eigenvalue weighted by Crippen LogP contribution is 2.23. The first kappa shape index (κ1) is 20.8. The average Bonchev–Trinajstić information content (AvgIpc) is 2.67. The lowest BCUT2D eigenvalue weighted by Gasteiger charge is -2.28. The molecule has 0 amide bonds. The molecular formula is C19H25ClN4O3S. The van der Waals surface area contributed by atoms with Gasteiger partial charge in [-0.3, -0.25) is 0 Å². The molecule has 1 aromatic heterocycles. The molecule has 28 heavy (non-hydrogen) atoms. The van der Waals surface area contributed by atoms with Crippen LogP contribution in [0, 0.1) is 13.8 Å². The van der Waals surface area contributed by atoms with Crippen molar-refractivity contribution in [2.45, 2.75) is 38.0 Å². The molecule has 1 aromatic carbocycles. The van der Waals surface area contributed by atoms with Crippen molar-refractivity contribution in [2.24, 2.45) is 0 Å². The van der Waals surface area contributed by atoms with Crippen molar-refractivity contribution in [2.75, 3.05) is 31.1 Å². The van der Waals surface area contributed by atoms with Crippen LogP contribution in [-0.2, 0) is 10.0 Å². The van der Waals surface area contributed by atoms with Gasteiger partial charge in [-0.15, -0.1) is 0 Å². The van der Waals surface area contributed by atoms with Gasteiger partial charge in [-0.1, -0.05) is 17.7 Å². The molecule has 9 heteroatoms. The van der Waals surface area contributed by atoms with E-state index in [1.807, 2.05) is 13.0 Å². The van der Waals surface area contributed by atoms with Gasteiger partial charge in [0.2, 0.25) is 15.9 Å². The third-order valence-electron chi connectivity index (χ3n) is 4.63. The molecule has 0 aliphatic carbocycles. The van der Waals surface area contributed by atoms with Crippen LogP contribution in [0.4, 0.5) is 5.82 Å². The fraction of sp³-hybridized carbons (Fsp3) is 0.474. The van der Waals surface area contributed by atoms with Crippen molar-refractivity contribution < 1.29 is 13.2 Å². The van der Waals surface area contributed by atoms with E-state index in [-0.39, 0.29) is 18.0 Å². The van der Waals surface area contributed by atoms with Crippen LogP contribution in [-0.4, -0.2) is 44.6 Å². The zero-order valence-electron chi connectivity index (χ0n) is 16.1. The number of benzene rings is 1. The van der Waals surface area contributed by atoms with Crippen molar-refractivity contribution in [1.82, 2.24) is 14.7 Å². The van der Waals surface area contributed by atoms with Crippen LogP contribution in [0.5, 0.6) is 5.88 Å². The van der Waals surface area contributed by atoms with E-state index in [0.717, 1.165) is 31.7 Å². The summed E-state index contributed by atoms with van der Waals surface area (Å²) in [5.74, 6) is 1.94. The lowest BCUT2D eigenvalue weighted by atomic mass is 10.1. The molecular weight excluding hydrogens is 400 g/mol. The number of anilines is 1. The van der Waals surface area contributed by atoms with Gasteiger partial charge >= 0.3 is 0 Å². The Morgan fingerprint density at radius 2 is 1.93 bits per heavy atom. The van der Waals surface area contributed by atoms with Crippen molar-refractivity contribution in [3.05, 3.63) is 40.7 Å². The first-order chi connectivity index (χ1) is 13.4. The maximum atomic E-state index is 12.5. The molecule has 152 valence electrons. The molecule has 0 unspecified atom stereocenters. The molecule has 0 bridgehead atoms. The maximum absolute atomic E-state index is 12.5. The number of aromatic nitrogens is 2. The minimum atomic E-state index is -3.66. The summed E-state index contributed by atoms with van der Waals surface area (Å²) in [6.07, 6.45) is 3.56. The van der Waals surface area contributed by atoms with E-state index >= 15 is 0 Å². The van der Waals surface area contributed by atoms with Gasteiger partial charge < -0.3 is 9.64 Å². The van der Waals surface area contributed by atoms with Crippen LogP contribution in [0.2, 0.25) is 5.02 Å². The third-order valence-corrected chi connectivity index (χ3v) is 6.65. The molecule has 3 rings (SSSR count). The molecule has 2 aromatic rings. The Morgan fingerprint density at radius 3 is 2.68 bits per heavy atom. The second-order valence-electron chi connectivity index (χ2n) is 6.77. The number of piperidine rings is 1. The van der Waals surface area contributed by atoms with Gasteiger partial charge in [0.05, 0.1) is 4.90 Å². The summed E-state index contributed by atoms with van der Waals surface area (Å²) in [6, 6.07) is 6.62. The monoisotopic (exact) mass is 424 g/mol. The highest BCUT2D eigenvalue weighted by atomic mass is 35.5. The molecule has 1 saturated heterocycles. The lowest BCUT2D eigenvalue weighted by Crippen LogP contribution is -2.30. The van der Waals surface area contributed by atoms with Crippen LogP contribution in [0.25, 0.3) is 0 Å². The fourth-order valence-electron chi connectivity index (χ4n) is 3.17. The Kier molecular flexibility index (Phi) is 6.74. The number of hydrogen-bond acceptors (Lipinski definition) is 6. The second-order valence-corrected chi connectivity index (χ2v) is 8.91. The standard InChI is InChI=1S/C19H25ClN4O3S/c1-14-16(20)7-6-8-17(14)28(25,26)21-9-12-27-19-13-18(22-15(2)23-19)24-10-4-3-5-11-24/h6-8,13,21H,3-5,9-12H2,1-2H3. The smallest absolute Gasteiger partial charge is 0.240 e. The quantitative estimate of drug-likeness (QED) is 0.687. The van der Waals surface area contributed by atoms with Gasteiger partial charge in [-0.2, -0.15) is 4.98 Å². The van der Waals surface area contributed by atoms with E-state index in [2.05, 4.69) is 19.6 Å². The summed E-state index contributed by atoms with van der Waals surface area (Å²) in [6.45, 7) is 5.75. The zero-order valence-corrected chi connectivity index (χ0v) is 17.7. The highest BCUT2D eigenvalue weighted by molar-refractivity contribution is 7.89. The average molecular weight is 425 g/mol. The molecule has 1 N–H and O–H groups in total. The Morgan fingerprint density at radius 1 is 1.18 bits per heavy atom. The summed E-state index contributed by atoms with van der Waals surface area (Å²) in [5, 5.41) is 0.417. The lowest BCUT2D eigenvalue weighted by molar-refractivity contribution is 0.309. The Hall–Kier alpha value is -1.90. The van der Waals surface area contributed by atoms with Gasteiger partial charge in [-0.25, -0.2) is 18.1 Å². The molecule has 7 nitrogen and oxygen atoms in total. The summed E-state index contributed by atoms with van der Waals surface area (Å²) >= 11 is 6.02. The molecule has 0 spiro atoms. The summed E-state index contributed by atoms with van der Waals surface area (Å²) in [7, 11) is -3.66. The van der Waals surface area contributed by atoms with E-state index in [1.54, 1.807) is 19.1 Å². The normalized spacial score (nSPS) is 14.9. The van der Waals surface area contributed by atoms with E-state index in [4.69, 9.17) is 16.3 Å². The fourth-order valence-corrected chi connectivity index (χ4v) is 4.68. The van der Waals surface area contributed by atoms with Crippen LogP contribution in [0.3, 0.4) is 0 Å². The largest absolute Gasteiger partial charge is 0.476 e. The first-order valence-electron chi connectivity index (χ1n) is 9.35. The third kappa shape index (κ3) is 5.12. The van der Waals surface area contributed by atoms with Gasteiger partial charge in [0.1, 0.15) is 18.2 Å². The number of rotatable bonds is 7. The van der Waals surface area contributed by atoms with Crippen molar-refractivity contribution >= 4 is 27.4 Å². The summed E-state index contributed by atoms with van der Waals surface area (Å²) in [5.41, 5.74) is 0.523. The van der Waals surface area contributed by atoms with E-state index in [0.29, 0.717) is 22.3 Å². The van der Waals surface area contributed by atoms with Gasteiger partial charge in [0.25, 0.3) is 0 Å². The number of aryl methyl sites for hydroxylation is 1. The van der Waals surface area contributed by atoms with Crippen LogP contribution in [0.1, 0.15) is 30.7 Å². The molecule has 1 fully saturated rings. The summed E-state index contributed by atoms with van der Waals surface area (Å²) < 4.78 is 33.2. The molecule has 0 saturated carbocycles. The van der Waals surface area contributed by atoms with Crippen LogP contribution >= 0.6 is 11.6 Å². The molecule has 1 aliphatic heterocycles.